The highest BCUT2D eigenvalue weighted by Gasteiger charge is 2.32. The Labute approximate surface area is 265 Å². The van der Waals surface area contributed by atoms with E-state index in [1.807, 2.05) is 23.7 Å². The lowest BCUT2D eigenvalue weighted by atomic mass is 9.93. The van der Waals surface area contributed by atoms with Crippen molar-refractivity contribution in [3.63, 3.8) is 0 Å². The lowest BCUT2D eigenvalue weighted by Gasteiger charge is -2.25. The molecule has 1 aromatic carbocycles. The van der Waals surface area contributed by atoms with Gasteiger partial charge in [-0.15, -0.1) is 0 Å². The Balaban J connectivity index is 1.39. The average Bonchev–Trinajstić information content (AvgIpc) is 3.63. The van der Waals surface area contributed by atoms with E-state index >= 15 is 0 Å². The first-order valence-electron chi connectivity index (χ1n) is 14.8. The van der Waals surface area contributed by atoms with Crippen molar-refractivity contribution < 1.29 is 24.2 Å². The standard InChI is InChI=1S/C33H35ClN6O5/c1-5-45-31-20(12-15-26(41)42)11-14-25(37-31)38-32(44)33(2,3)39-30(43)21-10-13-23-24(16-21)40(4)28(27(23)19-8-6-7-9-19)29-35-17-22(34)18-36-29/h10-19H,5-9H2,1-4H3,(H,39,43)(H,41,42)(H,37,38,44)/b15-12+. The molecule has 5 rings (SSSR count). The van der Waals surface area contributed by atoms with E-state index in [2.05, 4.69) is 25.6 Å². The van der Waals surface area contributed by atoms with Crippen LogP contribution in [0.5, 0.6) is 5.88 Å². The average molecular weight is 631 g/mol. The minimum atomic E-state index is -1.31. The summed E-state index contributed by atoms with van der Waals surface area (Å²) in [6.45, 7) is 5.26. The molecule has 4 aromatic rings. The number of hydrogen-bond donors (Lipinski definition) is 3. The van der Waals surface area contributed by atoms with Gasteiger partial charge in [0.25, 0.3) is 11.8 Å². The number of carbonyl (C=O) groups excluding carboxylic acids is 2. The highest BCUT2D eigenvalue weighted by molar-refractivity contribution is 6.30. The summed E-state index contributed by atoms with van der Waals surface area (Å²) in [4.78, 5) is 51.0. The number of aryl methyl sites for hydroxylation is 1. The molecule has 2 amide bonds. The molecule has 12 heteroatoms. The van der Waals surface area contributed by atoms with Gasteiger partial charge in [0.15, 0.2) is 5.82 Å². The second-order valence-electron chi connectivity index (χ2n) is 11.5. The molecule has 0 bridgehead atoms. The van der Waals surface area contributed by atoms with Gasteiger partial charge in [-0.1, -0.05) is 30.5 Å². The molecule has 3 aromatic heterocycles. The van der Waals surface area contributed by atoms with E-state index in [1.54, 1.807) is 45.3 Å². The second kappa shape index (κ2) is 13.1. The molecule has 11 nitrogen and oxygen atoms in total. The first kappa shape index (κ1) is 31.6. The Morgan fingerprint density at radius 2 is 1.84 bits per heavy atom. The maximum atomic E-state index is 13.5. The maximum absolute atomic E-state index is 13.5. The lowest BCUT2D eigenvalue weighted by molar-refractivity contribution is -0.131. The van der Waals surface area contributed by atoms with Crippen LogP contribution in [-0.4, -0.2) is 54.6 Å². The normalized spacial score (nSPS) is 13.8. The van der Waals surface area contributed by atoms with Crippen LogP contribution in [0, 0.1) is 0 Å². The van der Waals surface area contributed by atoms with Crippen molar-refractivity contribution in [2.75, 3.05) is 11.9 Å². The number of aliphatic carboxylic acids is 1. The largest absolute Gasteiger partial charge is 0.478 e. The zero-order chi connectivity index (χ0) is 32.3. The number of benzene rings is 1. The monoisotopic (exact) mass is 630 g/mol. The number of nitrogens with one attached hydrogen (secondary N) is 2. The number of carbonyl (C=O) groups is 3. The molecule has 1 aliphatic carbocycles. The summed E-state index contributed by atoms with van der Waals surface area (Å²) in [6.07, 6.45) is 9.99. The van der Waals surface area contributed by atoms with E-state index in [0.717, 1.165) is 48.4 Å². The maximum Gasteiger partial charge on any atom is 0.328 e. The van der Waals surface area contributed by atoms with E-state index in [4.69, 9.17) is 21.4 Å². The Kier molecular flexibility index (Phi) is 9.19. The van der Waals surface area contributed by atoms with Gasteiger partial charge in [-0.2, -0.15) is 4.98 Å². The van der Waals surface area contributed by atoms with Gasteiger partial charge >= 0.3 is 5.97 Å². The van der Waals surface area contributed by atoms with Crippen molar-refractivity contribution in [2.45, 2.75) is 57.9 Å². The van der Waals surface area contributed by atoms with Gasteiger partial charge in [0, 0.05) is 47.5 Å². The fourth-order valence-electron chi connectivity index (χ4n) is 5.69. The van der Waals surface area contributed by atoms with E-state index in [9.17, 15) is 14.4 Å². The first-order valence-corrected chi connectivity index (χ1v) is 15.2. The number of pyridine rings is 1. The molecule has 0 radical (unpaired) electrons. The van der Waals surface area contributed by atoms with Crippen molar-refractivity contribution in [1.29, 1.82) is 0 Å². The third-order valence-electron chi connectivity index (χ3n) is 7.91. The Morgan fingerprint density at radius 1 is 1.13 bits per heavy atom. The highest BCUT2D eigenvalue weighted by Crippen LogP contribution is 2.44. The second-order valence-corrected chi connectivity index (χ2v) is 11.9. The third kappa shape index (κ3) is 6.83. The summed E-state index contributed by atoms with van der Waals surface area (Å²) in [7, 11) is 1.94. The Hall–Kier alpha value is -4.77. The van der Waals surface area contributed by atoms with Gasteiger partial charge in [0.2, 0.25) is 5.88 Å². The molecule has 3 N–H and O–H groups in total. The number of fused-ring (bicyclic) bond motifs is 1. The molecule has 0 unspecified atom stereocenters. The molecule has 1 fully saturated rings. The number of nitrogens with zero attached hydrogens (tertiary/aromatic N) is 4. The molecular formula is C33H35ClN6O5. The van der Waals surface area contributed by atoms with Crippen molar-refractivity contribution in [3.05, 3.63) is 70.5 Å². The van der Waals surface area contributed by atoms with E-state index in [-0.39, 0.29) is 11.7 Å². The van der Waals surface area contributed by atoms with Crippen molar-refractivity contribution in [3.8, 4) is 17.4 Å². The smallest absolute Gasteiger partial charge is 0.328 e. The zero-order valence-electron chi connectivity index (χ0n) is 25.6. The molecule has 1 saturated carbocycles. The van der Waals surface area contributed by atoms with Crippen LogP contribution < -0.4 is 15.4 Å². The predicted octanol–water partition coefficient (Wildman–Crippen LogP) is 5.98. The summed E-state index contributed by atoms with van der Waals surface area (Å²) in [5.41, 5.74) is 2.49. The summed E-state index contributed by atoms with van der Waals surface area (Å²) < 4.78 is 7.55. The van der Waals surface area contributed by atoms with Crippen molar-refractivity contribution >= 4 is 52.2 Å². The van der Waals surface area contributed by atoms with E-state index in [1.165, 1.54) is 17.7 Å². The minimum absolute atomic E-state index is 0.172. The van der Waals surface area contributed by atoms with Crippen LogP contribution in [-0.2, 0) is 16.6 Å². The van der Waals surface area contributed by atoms with Crippen molar-refractivity contribution in [2.24, 2.45) is 7.05 Å². The van der Waals surface area contributed by atoms with Gasteiger partial charge in [0.05, 0.1) is 17.3 Å². The third-order valence-corrected chi connectivity index (χ3v) is 8.10. The first-order chi connectivity index (χ1) is 21.5. The Morgan fingerprint density at radius 3 is 2.51 bits per heavy atom. The van der Waals surface area contributed by atoms with Gasteiger partial charge in [0.1, 0.15) is 11.4 Å². The quantitative estimate of drug-likeness (QED) is 0.181. The molecule has 0 spiro atoms. The van der Waals surface area contributed by atoms with Crippen molar-refractivity contribution in [1.82, 2.24) is 24.8 Å². The predicted molar refractivity (Wildman–Crippen MR) is 172 cm³/mol. The number of carboxylic acid groups (broad SMARTS) is 1. The van der Waals surface area contributed by atoms with Crippen LogP contribution in [0.2, 0.25) is 5.02 Å². The molecule has 234 valence electrons. The number of aromatic nitrogens is 4. The topological polar surface area (TPSA) is 148 Å². The molecule has 3 heterocycles. The van der Waals surface area contributed by atoms with Gasteiger partial charge < -0.3 is 25.0 Å². The fraction of sp³-hybridized carbons (Fsp3) is 0.333. The molecule has 0 aliphatic heterocycles. The SMILES string of the molecule is CCOc1nc(NC(=O)C(C)(C)NC(=O)c2ccc3c(C4CCCC4)c(-c4ncc(Cl)cn4)n(C)c3c2)ccc1/C=C/C(=O)O. The summed E-state index contributed by atoms with van der Waals surface area (Å²) in [5.74, 6) is -0.706. The number of halogens is 1. The van der Waals surface area contributed by atoms with Gasteiger partial charge in [-0.3, -0.25) is 9.59 Å². The molecule has 45 heavy (non-hydrogen) atoms. The van der Waals surface area contributed by atoms with E-state index in [0.29, 0.717) is 34.5 Å². The summed E-state index contributed by atoms with van der Waals surface area (Å²) in [5, 5.41) is 16.0. The fourth-order valence-corrected chi connectivity index (χ4v) is 5.78. The van der Waals surface area contributed by atoms with Crippen LogP contribution in [0.1, 0.15) is 73.9 Å². The Bertz CT molecular complexity index is 1790. The number of carboxylic acids is 1. The summed E-state index contributed by atoms with van der Waals surface area (Å²) in [6, 6.07) is 8.69. The highest BCUT2D eigenvalue weighted by atomic mass is 35.5. The molecule has 1 aliphatic rings. The number of hydrogen-bond acceptors (Lipinski definition) is 7. The van der Waals surface area contributed by atoms with Crippen LogP contribution in [0.4, 0.5) is 5.82 Å². The molecule has 0 atom stereocenters. The number of rotatable bonds is 10. The van der Waals surface area contributed by atoms with Gasteiger partial charge in [-0.05, 0) is 75.4 Å². The van der Waals surface area contributed by atoms with Crippen LogP contribution in [0.3, 0.4) is 0 Å². The summed E-state index contributed by atoms with van der Waals surface area (Å²) >= 11 is 6.07. The van der Waals surface area contributed by atoms with Gasteiger partial charge in [-0.25, -0.2) is 14.8 Å². The number of ether oxygens (including phenoxy) is 1. The number of amides is 2. The molecular weight excluding hydrogens is 596 g/mol. The van der Waals surface area contributed by atoms with Crippen LogP contribution in [0.15, 0.2) is 48.8 Å². The molecule has 0 saturated heterocycles. The van der Waals surface area contributed by atoms with E-state index < -0.39 is 23.3 Å². The zero-order valence-corrected chi connectivity index (χ0v) is 26.3. The van der Waals surface area contributed by atoms with Crippen LogP contribution in [0.25, 0.3) is 28.5 Å². The minimum Gasteiger partial charge on any atom is -0.478 e. The van der Waals surface area contributed by atoms with Crippen LogP contribution >= 0.6 is 11.6 Å². The lowest BCUT2D eigenvalue weighted by Crippen LogP contribution is -2.52. The number of anilines is 1.